The first-order valence-corrected chi connectivity index (χ1v) is 11.7. The molecule has 0 aromatic heterocycles. The van der Waals surface area contributed by atoms with Crippen molar-refractivity contribution in [2.24, 2.45) is 0 Å². The van der Waals surface area contributed by atoms with Gasteiger partial charge in [-0.2, -0.15) is 0 Å². The van der Waals surface area contributed by atoms with E-state index in [1.165, 1.54) is 18.2 Å². The summed E-state index contributed by atoms with van der Waals surface area (Å²) in [6, 6.07) is 15.5. The van der Waals surface area contributed by atoms with Crippen LogP contribution in [0, 0.1) is 5.82 Å². The maximum Gasteiger partial charge on any atom is 0.261 e. The Bertz CT molecular complexity index is 1260. The van der Waals surface area contributed by atoms with Gasteiger partial charge in [0.05, 0.1) is 16.7 Å². The van der Waals surface area contributed by atoms with Crippen LogP contribution >= 0.6 is 39.7 Å². The van der Waals surface area contributed by atoms with Crippen molar-refractivity contribution in [2.45, 2.75) is 20.0 Å². The highest BCUT2D eigenvalue weighted by molar-refractivity contribution is 9.10. The normalized spacial score (nSPS) is 10.5. The van der Waals surface area contributed by atoms with Crippen LogP contribution in [0.15, 0.2) is 65.1 Å². The number of halogens is 3. The summed E-state index contributed by atoms with van der Waals surface area (Å²) in [5.74, 6) is -1.02. The van der Waals surface area contributed by atoms with Crippen molar-refractivity contribution in [3.8, 4) is 5.75 Å². The van der Waals surface area contributed by atoms with Gasteiger partial charge >= 0.3 is 0 Å². The zero-order valence-corrected chi connectivity index (χ0v) is 21.3. The third-order valence-electron chi connectivity index (χ3n) is 4.34. The molecule has 3 aromatic rings. The van der Waals surface area contributed by atoms with Crippen LogP contribution in [0.2, 0.25) is 5.02 Å². The van der Waals surface area contributed by atoms with Gasteiger partial charge < -0.3 is 15.4 Å². The minimum absolute atomic E-state index is 0.0448. The van der Waals surface area contributed by atoms with Crippen molar-refractivity contribution in [1.29, 1.82) is 0 Å². The molecule has 0 unspecified atom stereocenters. The van der Waals surface area contributed by atoms with Crippen LogP contribution in [0.25, 0.3) is 0 Å². The van der Waals surface area contributed by atoms with Crippen LogP contribution in [0.4, 0.5) is 15.8 Å². The Morgan fingerprint density at radius 3 is 2.44 bits per heavy atom. The second-order valence-corrected chi connectivity index (χ2v) is 9.11. The van der Waals surface area contributed by atoms with E-state index in [1.807, 2.05) is 13.8 Å². The first kappa shape index (κ1) is 25.6. The van der Waals surface area contributed by atoms with E-state index >= 15 is 0 Å². The highest BCUT2D eigenvalue weighted by Gasteiger charge is 2.16. The van der Waals surface area contributed by atoms with Gasteiger partial charge in [0.25, 0.3) is 11.8 Å². The Hall–Kier alpha value is -3.01. The number of rotatable bonds is 6. The van der Waals surface area contributed by atoms with Crippen molar-refractivity contribution in [3.05, 3.63) is 87.1 Å². The molecule has 0 saturated carbocycles. The second-order valence-electron chi connectivity index (χ2n) is 7.38. The van der Waals surface area contributed by atoms with Gasteiger partial charge in [0.15, 0.2) is 5.11 Å². The Kier molecular flexibility index (Phi) is 8.60. The lowest BCUT2D eigenvalue weighted by Crippen LogP contribution is -2.34. The lowest BCUT2D eigenvalue weighted by atomic mass is 10.1. The number of amides is 2. The molecule has 0 spiro atoms. The lowest BCUT2D eigenvalue weighted by molar-refractivity contribution is 0.0970. The molecular weight excluding hydrogens is 545 g/mol. The SMILES string of the molecule is CC(C)Oc1ccc(Br)cc1C(=O)NC(=S)Nc1cccc(C(=O)Nc2ccc(F)c(Cl)c2)c1. The lowest BCUT2D eigenvalue weighted by Gasteiger charge is -2.15. The molecule has 3 aromatic carbocycles. The predicted octanol–water partition coefficient (Wildman–Crippen LogP) is 6.41. The molecule has 0 saturated heterocycles. The van der Waals surface area contributed by atoms with Gasteiger partial charge in [-0.1, -0.05) is 33.6 Å². The van der Waals surface area contributed by atoms with Crippen LogP contribution in [-0.2, 0) is 0 Å². The van der Waals surface area contributed by atoms with Crippen LogP contribution in [0.3, 0.4) is 0 Å². The molecule has 34 heavy (non-hydrogen) atoms. The topological polar surface area (TPSA) is 79.5 Å². The third kappa shape index (κ3) is 6.99. The molecule has 0 aliphatic carbocycles. The van der Waals surface area contributed by atoms with Gasteiger partial charge in [-0.05, 0) is 80.7 Å². The fourth-order valence-electron chi connectivity index (χ4n) is 2.88. The number of carbonyl (C=O) groups is 2. The molecule has 176 valence electrons. The first-order chi connectivity index (χ1) is 16.1. The van der Waals surface area contributed by atoms with Crippen molar-refractivity contribution in [3.63, 3.8) is 0 Å². The highest BCUT2D eigenvalue weighted by Crippen LogP contribution is 2.24. The smallest absolute Gasteiger partial charge is 0.261 e. The average Bonchev–Trinajstić information content (AvgIpc) is 2.77. The number of benzene rings is 3. The van der Waals surface area contributed by atoms with Crippen LogP contribution < -0.4 is 20.7 Å². The van der Waals surface area contributed by atoms with E-state index in [1.54, 1.807) is 42.5 Å². The van der Waals surface area contributed by atoms with Crippen LogP contribution in [0.5, 0.6) is 5.75 Å². The number of carbonyl (C=O) groups excluding carboxylic acids is 2. The minimum atomic E-state index is -0.577. The van der Waals surface area contributed by atoms with Gasteiger partial charge in [-0.3, -0.25) is 14.9 Å². The fraction of sp³-hybridized carbons (Fsp3) is 0.125. The number of hydrogen-bond donors (Lipinski definition) is 3. The quantitative estimate of drug-likeness (QED) is 0.302. The summed E-state index contributed by atoms with van der Waals surface area (Å²) < 4.78 is 19.7. The molecule has 2 amide bonds. The zero-order chi connectivity index (χ0) is 24.8. The second kappa shape index (κ2) is 11.4. The molecule has 0 fully saturated rings. The van der Waals surface area contributed by atoms with Crippen molar-refractivity contribution in [1.82, 2.24) is 5.32 Å². The standard InChI is InChI=1S/C24H20BrClFN3O3S/c1-13(2)33-21-9-6-15(25)11-18(21)23(32)30-24(34)29-16-5-3-4-14(10-16)22(31)28-17-7-8-20(27)19(26)12-17/h3-13H,1-2H3,(H,28,31)(H2,29,30,32,34). The average molecular weight is 565 g/mol. The summed E-state index contributed by atoms with van der Waals surface area (Å²) in [4.78, 5) is 25.4. The predicted molar refractivity (Wildman–Crippen MR) is 139 cm³/mol. The number of hydrogen-bond acceptors (Lipinski definition) is 4. The van der Waals surface area contributed by atoms with E-state index in [0.29, 0.717) is 32.7 Å². The van der Waals surface area contributed by atoms with Crippen LogP contribution in [0.1, 0.15) is 34.6 Å². The summed E-state index contributed by atoms with van der Waals surface area (Å²) in [5.41, 5.74) is 1.48. The molecule has 0 atom stereocenters. The molecule has 6 nitrogen and oxygen atoms in total. The molecule has 0 aliphatic heterocycles. The number of nitrogens with one attached hydrogen (secondary N) is 3. The Labute approximate surface area is 215 Å². The fourth-order valence-corrected chi connectivity index (χ4v) is 3.64. The molecule has 10 heteroatoms. The van der Waals surface area contributed by atoms with E-state index in [0.717, 1.165) is 0 Å². The van der Waals surface area contributed by atoms with Gasteiger partial charge in [0.2, 0.25) is 0 Å². The first-order valence-electron chi connectivity index (χ1n) is 10.1. The van der Waals surface area contributed by atoms with Crippen molar-refractivity contribution in [2.75, 3.05) is 10.6 Å². The number of ether oxygens (including phenoxy) is 1. The van der Waals surface area contributed by atoms with Crippen LogP contribution in [-0.4, -0.2) is 23.0 Å². The molecular formula is C24H20BrClFN3O3S. The van der Waals surface area contributed by atoms with E-state index < -0.39 is 17.6 Å². The maximum absolute atomic E-state index is 13.3. The van der Waals surface area contributed by atoms with Crippen molar-refractivity contribution < 1.29 is 18.7 Å². The summed E-state index contributed by atoms with van der Waals surface area (Å²) in [7, 11) is 0. The highest BCUT2D eigenvalue weighted by atomic mass is 79.9. The molecule has 3 N–H and O–H groups in total. The summed E-state index contributed by atoms with van der Waals surface area (Å²) >= 11 is 14.4. The van der Waals surface area contributed by atoms with Gasteiger partial charge in [0.1, 0.15) is 11.6 Å². The van der Waals surface area contributed by atoms with Gasteiger partial charge in [-0.25, -0.2) is 4.39 Å². The molecule has 0 bridgehead atoms. The summed E-state index contributed by atoms with van der Waals surface area (Å²) in [6.45, 7) is 3.73. The van der Waals surface area contributed by atoms with Gasteiger partial charge in [0, 0.05) is 21.4 Å². The monoisotopic (exact) mass is 563 g/mol. The third-order valence-corrected chi connectivity index (χ3v) is 5.32. The Morgan fingerprint density at radius 2 is 1.74 bits per heavy atom. The minimum Gasteiger partial charge on any atom is -0.490 e. The van der Waals surface area contributed by atoms with E-state index in [4.69, 9.17) is 28.6 Å². The molecule has 3 rings (SSSR count). The molecule has 0 radical (unpaired) electrons. The molecule has 0 aliphatic rings. The number of anilines is 2. The summed E-state index contributed by atoms with van der Waals surface area (Å²) in [6.07, 6.45) is -0.113. The maximum atomic E-state index is 13.3. The van der Waals surface area contributed by atoms with E-state index in [9.17, 15) is 14.0 Å². The summed E-state index contributed by atoms with van der Waals surface area (Å²) in [5, 5.41) is 8.10. The van der Waals surface area contributed by atoms with Gasteiger partial charge in [-0.15, -0.1) is 0 Å². The van der Waals surface area contributed by atoms with E-state index in [-0.39, 0.29) is 16.2 Å². The Balaban J connectivity index is 1.67. The van der Waals surface area contributed by atoms with E-state index in [2.05, 4.69) is 31.9 Å². The van der Waals surface area contributed by atoms with Crippen molar-refractivity contribution >= 4 is 68.1 Å². The largest absolute Gasteiger partial charge is 0.490 e. The number of thiocarbonyl (C=S) groups is 1. The Morgan fingerprint density at radius 1 is 1.00 bits per heavy atom. The zero-order valence-electron chi connectivity index (χ0n) is 18.1. The molecule has 0 heterocycles.